The summed E-state index contributed by atoms with van der Waals surface area (Å²) >= 11 is 0. The van der Waals surface area contributed by atoms with Gasteiger partial charge in [0, 0.05) is 25.4 Å². The van der Waals surface area contributed by atoms with E-state index < -0.39 is 35.6 Å². The molecule has 3 aliphatic rings. The first-order valence-electron chi connectivity index (χ1n) is 12.2. The largest absolute Gasteiger partial charge is 0.461 e. The number of carbonyl (C=O) groups is 3. The monoisotopic (exact) mass is 482 g/mol. The molecule has 8 nitrogen and oxygen atoms in total. The predicted octanol–water partition coefficient (Wildman–Crippen LogP) is 2.31. The molecule has 1 aromatic carbocycles. The fourth-order valence-electron chi connectivity index (χ4n) is 6.22. The van der Waals surface area contributed by atoms with Gasteiger partial charge in [0.15, 0.2) is 0 Å². The third kappa shape index (κ3) is 3.98. The van der Waals surface area contributed by atoms with Crippen molar-refractivity contribution in [2.24, 2.45) is 11.8 Å². The highest BCUT2D eigenvalue weighted by Crippen LogP contribution is 2.59. The number of hydrogen-bond donors (Lipinski definition) is 1. The van der Waals surface area contributed by atoms with Gasteiger partial charge in [-0.15, -0.1) is 6.58 Å². The van der Waals surface area contributed by atoms with Crippen molar-refractivity contribution in [2.45, 2.75) is 50.9 Å². The van der Waals surface area contributed by atoms with E-state index in [0.29, 0.717) is 19.3 Å². The first-order chi connectivity index (χ1) is 16.8. The van der Waals surface area contributed by atoms with Crippen LogP contribution in [0, 0.1) is 25.7 Å². The van der Waals surface area contributed by atoms with Crippen LogP contribution < -0.4 is 4.90 Å². The highest BCUT2D eigenvalue weighted by Gasteiger charge is 2.75. The van der Waals surface area contributed by atoms with Crippen molar-refractivity contribution < 1.29 is 29.0 Å². The van der Waals surface area contributed by atoms with E-state index in [1.807, 2.05) is 32.0 Å². The number of aryl methyl sites for hydroxylation is 2. The predicted molar refractivity (Wildman–Crippen MR) is 131 cm³/mol. The van der Waals surface area contributed by atoms with Gasteiger partial charge in [0.1, 0.15) is 18.2 Å². The van der Waals surface area contributed by atoms with Crippen LogP contribution in [0.3, 0.4) is 0 Å². The first kappa shape index (κ1) is 25.1. The quantitative estimate of drug-likeness (QED) is 0.406. The Balaban J connectivity index is 1.78. The fourth-order valence-corrected chi connectivity index (χ4v) is 6.22. The van der Waals surface area contributed by atoms with Gasteiger partial charge in [0.05, 0.1) is 17.9 Å². The van der Waals surface area contributed by atoms with Crippen LogP contribution in [0.4, 0.5) is 5.69 Å². The van der Waals surface area contributed by atoms with Crippen LogP contribution in [0.2, 0.25) is 0 Å². The minimum Gasteiger partial charge on any atom is -0.461 e. The Kier molecular flexibility index (Phi) is 7.15. The van der Waals surface area contributed by atoms with Crippen LogP contribution in [0.15, 0.2) is 43.5 Å². The molecule has 0 aliphatic carbocycles. The molecular formula is C27H34N2O6. The molecule has 35 heavy (non-hydrogen) atoms. The van der Waals surface area contributed by atoms with Gasteiger partial charge in [-0.2, -0.15) is 0 Å². The summed E-state index contributed by atoms with van der Waals surface area (Å²) in [6.07, 6.45) is 4.06. The minimum absolute atomic E-state index is 0.0478. The molecule has 0 aromatic heterocycles. The average Bonchev–Trinajstić information content (AvgIpc) is 3.47. The van der Waals surface area contributed by atoms with Crippen molar-refractivity contribution in [2.75, 3.05) is 31.2 Å². The smallest absolute Gasteiger partial charge is 0.312 e. The molecule has 4 rings (SSSR count). The Morgan fingerprint density at radius 1 is 1.29 bits per heavy atom. The van der Waals surface area contributed by atoms with Gasteiger partial charge in [0.25, 0.3) is 5.91 Å². The highest BCUT2D eigenvalue weighted by atomic mass is 16.6. The number of hydrogen-bond acceptors (Lipinski definition) is 6. The standard InChI is InChI=1S/C27H34N2O6/c1-5-13-28(22-17(3)9-7-10-18(22)4)25(32)23-27-12-11-19(35-27)20(26(33)34-16-6-2)21(27)24(31)29(23)14-8-15-30/h5-7,9-10,19-21,23,30H,1-2,8,11-16H2,3-4H3/t19-,20+,21-,23?,27?/m0/s1. The number of benzene rings is 1. The number of para-hydroxylation sites is 1. The molecule has 5 atom stereocenters. The molecule has 1 aromatic rings. The average molecular weight is 483 g/mol. The summed E-state index contributed by atoms with van der Waals surface area (Å²) in [6, 6.07) is 4.92. The van der Waals surface area contributed by atoms with Gasteiger partial charge < -0.3 is 24.4 Å². The molecule has 1 N–H and O–H groups in total. The number of carbonyl (C=O) groups excluding carboxylic acids is 3. The summed E-state index contributed by atoms with van der Waals surface area (Å²) < 4.78 is 11.7. The Morgan fingerprint density at radius 2 is 2.00 bits per heavy atom. The highest BCUT2D eigenvalue weighted by molar-refractivity contribution is 6.05. The minimum atomic E-state index is -1.11. The van der Waals surface area contributed by atoms with Crippen molar-refractivity contribution in [1.82, 2.24) is 4.90 Å². The van der Waals surface area contributed by atoms with E-state index in [-0.39, 0.29) is 38.1 Å². The summed E-state index contributed by atoms with van der Waals surface area (Å²) in [5.74, 6) is -2.62. The van der Waals surface area contributed by atoms with Gasteiger partial charge in [-0.3, -0.25) is 14.4 Å². The molecule has 0 saturated carbocycles. The molecule has 1 spiro atoms. The van der Waals surface area contributed by atoms with Crippen molar-refractivity contribution in [1.29, 1.82) is 0 Å². The maximum atomic E-state index is 14.3. The van der Waals surface area contributed by atoms with E-state index in [1.54, 1.807) is 11.0 Å². The number of likely N-dealkylation sites (tertiary alicyclic amines) is 1. The van der Waals surface area contributed by atoms with Crippen molar-refractivity contribution in [3.8, 4) is 0 Å². The van der Waals surface area contributed by atoms with Crippen LogP contribution in [0.5, 0.6) is 0 Å². The number of anilines is 1. The van der Waals surface area contributed by atoms with Crippen molar-refractivity contribution in [3.05, 3.63) is 54.6 Å². The number of fused-ring (bicyclic) bond motifs is 1. The van der Waals surface area contributed by atoms with Crippen LogP contribution in [-0.2, 0) is 23.9 Å². The molecule has 2 amide bonds. The van der Waals surface area contributed by atoms with E-state index in [1.165, 1.54) is 11.0 Å². The van der Waals surface area contributed by atoms with Crippen LogP contribution in [-0.4, -0.2) is 71.8 Å². The van der Waals surface area contributed by atoms with Gasteiger partial charge in [0.2, 0.25) is 5.91 Å². The van der Waals surface area contributed by atoms with Gasteiger partial charge in [-0.05, 0) is 44.2 Å². The topological polar surface area (TPSA) is 96.4 Å². The Bertz CT molecular complexity index is 1020. The third-order valence-corrected chi connectivity index (χ3v) is 7.49. The molecule has 3 aliphatic heterocycles. The normalized spacial score (nSPS) is 28.7. The van der Waals surface area contributed by atoms with E-state index in [9.17, 15) is 19.5 Å². The van der Waals surface area contributed by atoms with Crippen molar-refractivity contribution >= 4 is 23.5 Å². The molecule has 3 saturated heterocycles. The molecular weight excluding hydrogens is 448 g/mol. The zero-order valence-corrected chi connectivity index (χ0v) is 20.4. The zero-order valence-electron chi connectivity index (χ0n) is 20.4. The van der Waals surface area contributed by atoms with Crippen LogP contribution in [0.1, 0.15) is 30.4 Å². The second-order valence-electron chi connectivity index (χ2n) is 9.56. The Labute approximate surface area is 206 Å². The Morgan fingerprint density at radius 3 is 2.63 bits per heavy atom. The second-order valence-corrected chi connectivity index (χ2v) is 9.56. The van der Waals surface area contributed by atoms with E-state index >= 15 is 0 Å². The summed E-state index contributed by atoms with van der Waals surface area (Å²) in [5.41, 5.74) is 1.54. The SMILES string of the molecule is C=CCOC(=O)[C@@H]1[C@@H]2CCC3(O2)C(C(=O)N(CC=C)c2c(C)cccc2C)N(CCCO)C(=O)[C@H]13. The summed E-state index contributed by atoms with van der Waals surface area (Å²) in [5, 5.41) is 9.49. The summed E-state index contributed by atoms with van der Waals surface area (Å²) in [7, 11) is 0. The molecule has 8 heteroatoms. The van der Waals surface area contributed by atoms with Gasteiger partial charge in [-0.1, -0.05) is 36.9 Å². The lowest BCUT2D eigenvalue weighted by Crippen LogP contribution is -2.56. The number of ether oxygens (including phenoxy) is 2. The lowest BCUT2D eigenvalue weighted by atomic mass is 9.70. The van der Waals surface area contributed by atoms with Gasteiger partial charge in [-0.25, -0.2) is 0 Å². The van der Waals surface area contributed by atoms with E-state index in [2.05, 4.69) is 13.2 Å². The second kappa shape index (κ2) is 9.95. The fraction of sp³-hybridized carbons (Fsp3) is 0.519. The third-order valence-electron chi connectivity index (χ3n) is 7.49. The first-order valence-corrected chi connectivity index (χ1v) is 12.2. The summed E-state index contributed by atoms with van der Waals surface area (Å²) in [6.45, 7) is 11.7. The molecule has 2 bridgehead atoms. The molecule has 3 fully saturated rings. The maximum Gasteiger partial charge on any atom is 0.312 e. The number of aliphatic hydroxyl groups is 1. The summed E-state index contributed by atoms with van der Waals surface area (Å²) in [4.78, 5) is 44.3. The molecule has 188 valence electrons. The van der Waals surface area contributed by atoms with Crippen LogP contribution >= 0.6 is 0 Å². The number of nitrogens with zero attached hydrogens (tertiary/aromatic N) is 2. The van der Waals surface area contributed by atoms with Crippen LogP contribution in [0.25, 0.3) is 0 Å². The molecule has 0 radical (unpaired) electrons. The zero-order chi connectivity index (χ0) is 25.3. The number of amides is 2. The number of rotatable bonds is 10. The lowest BCUT2D eigenvalue weighted by molar-refractivity contribution is -0.154. The van der Waals surface area contributed by atoms with Crippen molar-refractivity contribution in [3.63, 3.8) is 0 Å². The van der Waals surface area contributed by atoms with Gasteiger partial charge >= 0.3 is 5.97 Å². The Hall–Kier alpha value is -2.97. The molecule has 2 unspecified atom stereocenters. The van der Waals surface area contributed by atoms with E-state index in [0.717, 1.165) is 16.8 Å². The molecule has 3 heterocycles. The number of aliphatic hydroxyl groups excluding tert-OH is 1. The number of esters is 1. The lowest BCUT2D eigenvalue weighted by Gasteiger charge is -2.37. The van der Waals surface area contributed by atoms with E-state index in [4.69, 9.17) is 9.47 Å². The maximum absolute atomic E-state index is 14.3.